The second-order valence-corrected chi connectivity index (χ2v) is 9.07. The third kappa shape index (κ3) is 9.34. The zero-order valence-corrected chi connectivity index (χ0v) is 19.9. The number of ether oxygens (including phenoxy) is 1. The number of aryl methyl sites for hydroxylation is 1. The van der Waals surface area contributed by atoms with Crippen molar-refractivity contribution in [1.29, 1.82) is 0 Å². The zero-order chi connectivity index (χ0) is 23.6. The number of amides is 1. The SMILES string of the molecule is Cc1cccc(CN(CCN(CCCO)C(=O)OC(C)(C)C)Cc2cccc(CN)n2)c1. The Kier molecular flexibility index (Phi) is 10.1. The largest absolute Gasteiger partial charge is 0.444 e. The lowest BCUT2D eigenvalue weighted by Crippen LogP contribution is -2.42. The van der Waals surface area contributed by atoms with Crippen molar-refractivity contribution < 1.29 is 14.6 Å². The number of carbonyl (C=O) groups excluding carboxylic acids is 1. The Balaban J connectivity index is 2.15. The number of aromatic nitrogens is 1. The molecule has 7 heteroatoms. The van der Waals surface area contributed by atoms with Crippen LogP contribution in [-0.4, -0.2) is 57.8 Å². The number of aliphatic hydroxyl groups excluding tert-OH is 1. The number of nitrogens with two attached hydrogens (primary N) is 1. The molecule has 0 atom stereocenters. The molecule has 0 fully saturated rings. The fourth-order valence-corrected chi connectivity index (χ4v) is 3.39. The number of rotatable bonds is 11. The van der Waals surface area contributed by atoms with Crippen LogP contribution in [0.2, 0.25) is 0 Å². The van der Waals surface area contributed by atoms with E-state index in [-0.39, 0.29) is 12.7 Å². The maximum Gasteiger partial charge on any atom is 0.410 e. The standard InChI is InChI=1S/C25H38N4O3/c1-20-8-5-9-21(16-20)18-28(19-23-11-6-10-22(17-26)27-23)13-14-29(12-7-15-30)24(31)32-25(2,3)4/h5-6,8-11,16,30H,7,12-15,17-19,26H2,1-4H3. The van der Waals surface area contributed by atoms with Crippen LogP contribution in [0.15, 0.2) is 42.5 Å². The summed E-state index contributed by atoms with van der Waals surface area (Å²) in [6.07, 6.45) is 0.154. The molecule has 1 heterocycles. The molecule has 3 N–H and O–H groups in total. The van der Waals surface area contributed by atoms with Crippen LogP contribution in [-0.2, 0) is 24.4 Å². The Morgan fingerprint density at radius 1 is 1.06 bits per heavy atom. The molecule has 0 spiro atoms. The van der Waals surface area contributed by atoms with Gasteiger partial charge in [-0.15, -0.1) is 0 Å². The Labute approximate surface area is 192 Å². The summed E-state index contributed by atoms with van der Waals surface area (Å²) in [5.74, 6) is 0. The summed E-state index contributed by atoms with van der Waals surface area (Å²) in [6, 6.07) is 14.3. The van der Waals surface area contributed by atoms with Crippen LogP contribution in [0.25, 0.3) is 0 Å². The molecule has 0 aliphatic heterocycles. The van der Waals surface area contributed by atoms with Crippen LogP contribution < -0.4 is 5.73 Å². The van der Waals surface area contributed by atoms with E-state index in [4.69, 9.17) is 10.5 Å². The summed E-state index contributed by atoms with van der Waals surface area (Å²) >= 11 is 0. The molecule has 176 valence electrons. The highest BCUT2D eigenvalue weighted by atomic mass is 16.6. The second-order valence-electron chi connectivity index (χ2n) is 9.07. The molecule has 0 unspecified atom stereocenters. The smallest absolute Gasteiger partial charge is 0.410 e. The summed E-state index contributed by atoms with van der Waals surface area (Å²) in [4.78, 5) is 21.3. The lowest BCUT2D eigenvalue weighted by Gasteiger charge is -2.30. The second kappa shape index (κ2) is 12.5. The Hall–Kier alpha value is -2.48. The third-order valence-corrected chi connectivity index (χ3v) is 4.87. The Morgan fingerprint density at radius 3 is 2.44 bits per heavy atom. The summed E-state index contributed by atoms with van der Waals surface area (Å²) in [5.41, 5.74) is 9.42. The number of pyridine rings is 1. The first-order chi connectivity index (χ1) is 15.2. The van der Waals surface area contributed by atoms with Gasteiger partial charge in [-0.2, -0.15) is 0 Å². The average Bonchev–Trinajstić information content (AvgIpc) is 2.72. The van der Waals surface area contributed by atoms with Crippen molar-refractivity contribution in [2.45, 2.75) is 59.4 Å². The molecule has 0 radical (unpaired) electrons. The molecule has 0 bridgehead atoms. The fourth-order valence-electron chi connectivity index (χ4n) is 3.39. The lowest BCUT2D eigenvalue weighted by molar-refractivity contribution is 0.0219. The maximum absolute atomic E-state index is 12.7. The quantitative estimate of drug-likeness (QED) is 0.554. The summed E-state index contributed by atoms with van der Waals surface area (Å²) < 4.78 is 5.57. The van der Waals surface area contributed by atoms with Gasteiger partial charge in [-0.25, -0.2) is 4.79 Å². The molecule has 0 aliphatic carbocycles. The third-order valence-electron chi connectivity index (χ3n) is 4.87. The Bertz CT molecular complexity index is 851. The van der Waals surface area contributed by atoms with Crippen molar-refractivity contribution in [3.63, 3.8) is 0 Å². The molecule has 0 aliphatic rings. The van der Waals surface area contributed by atoms with Crippen molar-refractivity contribution in [2.75, 3.05) is 26.2 Å². The molecule has 32 heavy (non-hydrogen) atoms. The van der Waals surface area contributed by atoms with Gasteiger partial charge in [0.25, 0.3) is 0 Å². The predicted octanol–water partition coefficient (Wildman–Crippen LogP) is 3.47. The summed E-state index contributed by atoms with van der Waals surface area (Å²) in [5, 5.41) is 9.26. The van der Waals surface area contributed by atoms with Gasteiger partial charge in [-0.1, -0.05) is 35.9 Å². The van der Waals surface area contributed by atoms with Gasteiger partial charge in [0.2, 0.25) is 0 Å². The van der Waals surface area contributed by atoms with Crippen LogP contribution in [0.1, 0.15) is 49.7 Å². The van der Waals surface area contributed by atoms with Gasteiger partial charge in [-0.3, -0.25) is 9.88 Å². The maximum atomic E-state index is 12.7. The van der Waals surface area contributed by atoms with Gasteiger partial charge in [-0.05, 0) is 51.8 Å². The minimum absolute atomic E-state index is 0.0299. The zero-order valence-electron chi connectivity index (χ0n) is 19.9. The average molecular weight is 443 g/mol. The van der Waals surface area contributed by atoms with E-state index in [0.29, 0.717) is 39.1 Å². The first kappa shape index (κ1) is 25.8. The molecule has 1 amide bonds. The fraction of sp³-hybridized carbons (Fsp3) is 0.520. The lowest BCUT2D eigenvalue weighted by atomic mass is 10.1. The van der Waals surface area contributed by atoms with E-state index >= 15 is 0 Å². The van der Waals surface area contributed by atoms with Gasteiger partial charge < -0.3 is 20.5 Å². The summed E-state index contributed by atoms with van der Waals surface area (Å²) in [6.45, 7) is 11.1. The van der Waals surface area contributed by atoms with Crippen LogP contribution >= 0.6 is 0 Å². The van der Waals surface area contributed by atoms with Crippen LogP contribution in [0, 0.1) is 6.92 Å². The molecule has 0 saturated carbocycles. The summed E-state index contributed by atoms with van der Waals surface area (Å²) in [7, 11) is 0. The molecule has 0 saturated heterocycles. The van der Waals surface area contributed by atoms with Gasteiger partial charge in [0.1, 0.15) is 5.60 Å². The van der Waals surface area contributed by atoms with Crippen LogP contribution in [0.3, 0.4) is 0 Å². The first-order valence-electron chi connectivity index (χ1n) is 11.2. The highest BCUT2D eigenvalue weighted by Gasteiger charge is 2.22. The number of hydrogen-bond donors (Lipinski definition) is 2. The molecule has 2 rings (SSSR count). The number of nitrogens with zero attached hydrogens (tertiary/aromatic N) is 3. The first-order valence-corrected chi connectivity index (χ1v) is 11.2. The van der Waals surface area contributed by atoms with Crippen LogP contribution in [0.5, 0.6) is 0 Å². The highest BCUT2D eigenvalue weighted by molar-refractivity contribution is 5.68. The van der Waals surface area contributed by atoms with E-state index in [9.17, 15) is 9.90 Å². The molecule has 1 aromatic carbocycles. The van der Waals surface area contributed by atoms with Gasteiger partial charge in [0.05, 0.1) is 11.4 Å². The van der Waals surface area contributed by atoms with E-state index in [2.05, 4.69) is 41.1 Å². The van der Waals surface area contributed by atoms with Gasteiger partial charge in [0, 0.05) is 45.9 Å². The number of carbonyl (C=O) groups is 1. The monoisotopic (exact) mass is 442 g/mol. The number of benzene rings is 1. The number of hydrogen-bond acceptors (Lipinski definition) is 6. The van der Waals surface area contributed by atoms with Gasteiger partial charge in [0.15, 0.2) is 0 Å². The highest BCUT2D eigenvalue weighted by Crippen LogP contribution is 2.14. The topological polar surface area (TPSA) is 91.9 Å². The minimum Gasteiger partial charge on any atom is -0.444 e. The van der Waals surface area contributed by atoms with E-state index in [1.165, 1.54) is 11.1 Å². The van der Waals surface area contributed by atoms with E-state index in [1.807, 2.05) is 39.0 Å². The minimum atomic E-state index is -0.567. The van der Waals surface area contributed by atoms with Crippen molar-refractivity contribution in [3.05, 3.63) is 65.0 Å². The van der Waals surface area contributed by atoms with E-state index in [1.54, 1.807) is 4.90 Å². The molecular formula is C25H38N4O3. The Morgan fingerprint density at radius 2 is 1.78 bits per heavy atom. The van der Waals surface area contributed by atoms with E-state index < -0.39 is 5.60 Å². The van der Waals surface area contributed by atoms with Crippen molar-refractivity contribution in [1.82, 2.24) is 14.8 Å². The van der Waals surface area contributed by atoms with Crippen molar-refractivity contribution in [2.24, 2.45) is 5.73 Å². The molecule has 1 aromatic heterocycles. The predicted molar refractivity (Wildman–Crippen MR) is 127 cm³/mol. The van der Waals surface area contributed by atoms with E-state index in [0.717, 1.165) is 17.9 Å². The molecule has 7 nitrogen and oxygen atoms in total. The van der Waals surface area contributed by atoms with Crippen molar-refractivity contribution in [3.8, 4) is 0 Å². The van der Waals surface area contributed by atoms with Gasteiger partial charge >= 0.3 is 6.09 Å². The van der Waals surface area contributed by atoms with Crippen molar-refractivity contribution >= 4 is 6.09 Å². The van der Waals surface area contributed by atoms with Crippen LogP contribution in [0.4, 0.5) is 4.79 Å². The molecule has 2 aromatic rings. The number of aliphatic hydroxyl groups is 1. The normalized spacial score (nSPS) is 11.6. The molecular weight excluding hydrogens is 404 g/mol.